The van der Waals surface area contributed by atoms with Gasteiger partial charge < -0.3 is 14.4 Å². The largest absolute Gasteiger partial charge is 0.495 e. The molecule has 144 valence electrons. The minimum Gasteiger partial charge on any atom is -0.495 e. The van der Waals surface area contributed by atoms with E-state index in [1.165, 1.54) is 7.11 Å². The molecule has 2 aromatic carbocycles. The number of methoxy groups -OCH3 is 1. The molecule has 27 heavy (non-hydrogen) atoms. The summed E-state index contributed by atoms with van der Waals surface area (Å²) in [7, 11) is -0.433. The van der Waals surface area contributed by atoms with Gasteiger partial charge in [0.15, 0.2) is 0 Å². The molecule has 3 rings (SSSR count). The van der Waals surface area contributed by atoms with Gasteiger partial charge in [-0.3, -0.25) is 0 Å². The lowest BCUT2D eigenvalue weighted by Crippen LogP contribution is -2.29. The number of nitrogens with one attached hydrogen (secondary N) is 1. The third kappa shape index (κ3) is 4.00. The van der Waals surface area contributed by atoms with Crippen LogP contribution in [-0.2, 0) is 23.5 Å². The van der Waals surface area contributed by atoms with E-state index < -0.39 is 16.1 Å². The maximum atomic E-state index is 12.7. The first-order chi connectivity index (χ1) is 12.9. The number of hydrogen-bond donors (Lipinski definition) is 2. The lowest BCUT2D eigenvalue weighted by molar-refractivity contribution is 0.182. The average molecular weight is 388 g/mol. The van der Waals surface area contributed by atoms with Crippen LogP contribution in [0.5, 0.6) is 5.75 Å². The molecule has 7 heteroatoms. The zero-order chi connectivity index (χ0) is 19.6. The summed E-state index contributed by atoms with van der Waals surface area (Å²) in [5.74, 6) is 0.278. The van der Waals surface area contributed by atoms with Crippen molar-refractivity contribution < 1.29 is 18.3 Å². The Morgan fingerprint density at radius 3 is 2.67 bits per heavy atom. The van der Waals surface area contributed by atoms with Crippen molar-refractivity contribution in [2.24, 2.45) is 7.05 Å². The molecule has 2 N–H and O–H groups in total. The maximum absolute atomic E-state index is 12.7. The van der Waals surface area contributed by atoms with Crippen LogP contribution >= 0.6 is 0 Å². The lowest BCUT2D eigenvalue weighted by Gasteiger charge is -2.15. The monoisotopic (exact) mass is 388 g/mol. The van der Waals surface area contributed by atoms with E-state index in [-0.39, 0.29) is 17.2 Å². The molecule has 0 spiro atoms. The van der Waals surface area contributed by atoms with Gasteiger partial charge in [0.05, 0.1) is 13.2 Å². The summed E-state index contributed by atoms with van der Waals surface area (Å²) in [5, 5.41) is 11.5. The molecule has 0 aliphatic heterocycles. The summed E-state index contributed by atoms with van der Waals surface area (Å²) in [6.07, 6.45) is 1.70. The number of aromatic nitrogens is 1. The topological polar surface area (TPSA) is 80.6 Å². The van der Waals surface area contributed by atoms with E-state index in [1.54, 1.807) is 18.2 Å². The molecule has 1 aromatic heterocycles. The van der Waals surface area contributed by atoms with E-state index in [9.17, 15) is 13.5 Å². The molecular formula is C20H24N2O4S. The fourth-order valence-electron chi connectivity index (χ4n) is 3.04. The van der Waals surface area contributed by atoms with E-state index >= 15 is 0 Å². The van der Waals surface area contributed by atoms with Crippen LogP contribution in [0.25, 0.3) is 10.9 Å². The number of benzene rings is 2. The second kappa shape index (κ2) is 7.72. The highest BCUT2D eigenvalue weighted by molar-refractivity contribution is 7.89. The molecule has 0 amide bonds. The molecule has 6 nitrogen and oxygen atoms in total. The Bertz CT molecular complexity index is 1060. The standard InChI is InChI=1S/C20H24N2O4S/c1-4-14-5-8-19(26-3)20(11-14)27(24,25)21-13-18(23)16-6-7-17-15(12-16)9-10-22(17)2/h5-12,18,21,23H,4,13H2,1-3H3. The minimum atomic E-state index is -3.82. The Hall–Kier alpha value is -2.35. The smallest absolute Gasteiger partial charge is 0.244 e. The van der Waals surface area contributed by atoms with Crippen molar-refractivity contribution in [1.29, 1.82) is 0 Å². The quantitative estimate of drug-likeness (QED) is 0.652. The van der Waals surface area contributed by atoms with Gasteiger partial charge in [0.1, 0.15) is 10.6 Å². The predicted molar refractivity (Wildman–Crippen MR) is 105 cm³/mol. The van der Waals surface area contributed by atoms with Crippen LogP contribution in [0.2, 0.25) is 0 Å². The van der Waals surface area contributed by atoms with Crippen LogP contribution in [0.4, 0.5) is 0 Å². The van der Waals surface area contributed by atoms with Gasteiger partial charge in [-0.2, -0.15) is 0 Å². The number of aliphatic hydroxyl groups excluding tert-OH is 1. The molecule has 1 unspecified atom stereocenters. The molecule has 0 aliphatic rings. The van der Waals surface area contributed by atoms with Crippen molar-refractivity contribution >= 4 is 20.9 Å². The third-order valence-corrected chi connectivity index (χ3v) is 6.13. The van der Waals surface area contributed by atoms with Gasteiger partial charge in [0, 0.05) is 25.3 Å². The molecule has 0 aliphatic carbocycles. The first-order valence-corrected chi connectivity index (χ1v) is 10.2. The number of aryl methyl sites for hydroxylation is 2. The molecule has 3 aromatic rings. The number of aliphatic hydroxyl groups is 1. The second-order valence-electron chi connectivity index (χ2n) is 6.45. The molecule has 0 saturated heterocycles. The van der Waals surface area contributed by atoms with Crippen molar-refractivity contribution in [2.45, 2.75) is 24.3 Å². The Morgan fingerprint density at radius 1 is 1.19 bits per heavy atom. The van der Waals surface area contributed by atoms with E-state index in [0.717, 1.165) is 16.5 Å². The highest BCUT2D eigenvalue weighted by Gasteiger charge is 2.21. The molecule has 1 atom stereocenters. The fraction of sp³-hybridized carbons (Fsp3) is 0.300. The van der Waals surface area contributed by atoms with Gasteiger partial charge in [0.25, 0.3) is 0 Å². The fourth-order valence-corrected chi connectivity index (χ4v) is 4.30. The molecule has 0 radical (unpaired) electrons. The first kappa shape index (κ1) is 19.4. The average Bonchev–Trinajstić information content (AvgIpc) is 3.05. The van der Waals surface area contributed by atoms with Crippen molar-refractivity contribution in [1.82, 2.24) is 9.29 Å². The van der Waals surface area contributed by atoms with Crippen LogP contribution < -0.4 is 9.46 Å². The van der Waals surface area contributed by atoms with Gasteiger partial charge in [-0.05, 0) is 53.3 Å². The summed E-state index contributed by atoms with van der Waals surface area (Å²) in [4.78, 5) is 0.0788. The Labute approximate surface area is 159 Å². The van der Waals surface area contributed by atoms with E-state index in [1.807, 2.05) is 49.0 Å². The summed E-state index contributed by atoms with van der Waals surface area (Å²) in [6.45, 7) is 1.83. The highest BCUT2D eigenvalue weighted by Crippen LogP contribution is 2.26. The van der Waals surface area contributed by atoms with Crippen LogP contribution in [0.3, 0.4) is 0 Å². The van der Waals surface area contributed by atoms with E-state index in [2.05, 4.69) is 4.72 Å². The molecule has 0 fully saturated rings. The Kier molecular flexibility index (Phi) is 5.55. The van der Waals surface area contributed by atoms with Crippen LogP contribution in [0, 0.1) is 0 Å². The Balaban J connectivity index is 1.79. The van der Waals surface area contributed by atoms with Gasteiger partial charge in [-0.1, -0.05) is 19.1 Å². The zero-order valence-corrected chi connectivity index (χ0v) is 16.5. The summed E-state index contributed by atoms with van der Waals surface area (Å²) < 4.78 is 35.1. The number of hydrogen-bond acceptors (Lipinski definition) is 4. The number of ether oxygens (including phenoxy) is 1. The minimum absolute atomic E-state index is 0.0788. The highest BCUT2D eigenvalue weighted by atomic mass is 32.2. The SMILES string of the molecule is CCc1ccc(OC)c(S(=O)(=O)NCC(O)c2ccc3c(ccn3C)c2)c1. The van der Waals surface area contributed by atoms with Crippen molar-refractivity contribution in [2.75, 3.05) is 13.7 Å². The second-order valence-corrected chi connectivity index (χ2v) is 8.19. The molecule has 0 saturated carbocycles. The maximum Gasteiger partial charge on any atom is 0.244 e. The van der Waals surface area contributed by atoms with Gasteiger partial charge >= 0.3 is 0 Å². The van der Waals surface area contributed by atoms with Gasteiger partial charge in [-0.25, -0.2) is 13.1 Å². The van der Waals surface area contributed by atoms with Crippen molar-refractivity contribution in [3.05, 3.63) is 59.8 Å². The van der Waals surface area contributed by atoms with E-state index in [4.69, 9.17) is 4.74 Å². The van der Waals surface area contributed by atoms with E-state index in [0.29, 0.717) is 12.0 Å². The predicted octanol–water partition coefficient (Wildman–Crippen LogP) is 2.76. The first-order valence-electron chi connectivity index (χ1n) is 8.75. The van der Waals surface area contributed by atoms with Crippen LogP contribution in [0.15, 0.2) is 53.6 Å². The zero-order valence-electron chi connectivity index (χ0n) is 15.6. The normalized spacial score (nSPS) is 13.0. The number of sulfonamides is 1. The number of rotatable bonds is 7. The molecule has 1 heterocycles. The third-order valence-electron chi connectivity index (χ3n) is 4.69. The lowest BCUT2D eigenvalue weighted by atomic mass is 10.1. The van der Waals surface area contributed by atoms with Crippen molar-refractivity contribution in [3.63, 3.8) is 0 Å². The molecular weight excluding hydrogens is 364 g/mol. The molecule has 0 bridgehead atoms. The van der Waals surface area contributed by atoms with Crippen LogP contribution in [0.1, 0.15) is 24.2 Å². The van der Waals surface area contributed by atoms with Crippen molar-refractivity contribution in [3.8, 4) is 5.75 Å². The van der Waals surface area contributed by atoms with Gasteiger partial charge in [-0.15, -0.1) is 0 Å². The summed E-state index contributed by atoms with van der Waals surface area (Å²) in [5.41, 5.74) is 2.60. The number of nitrogens with zero attached hydrogens (tertiary/aromatic N) is 1. The Morgan fingerprint density at radius 2 is 1.96 bits per heavy atom. The van der Waals surface area contributed by atoms with Gasteiger partial charge in [0.2, 0.25) is 10.0 Å². The van der Waals surface area contributed by atoms with Crippen LogP contribution in [-0.4, -0.2) is 31.7 Å². The summed E-state index contributed by atoms with van der Waals surface area (Å²) >= 11 is 0. The number of fused-ring (bicyclic) bond motifs is 1. The summed E-state index contributed by atoms with van der Waals surface area (Å²) in [6, 6.07) is 12.6.